The Kier molecular flexibility index (Phi) is 5.88. The van der Waals surface area contributed by atoms with Crippen LogP contribution < -0.4 is 5.32 Å². The first-order valence-electron chi connectivity index (χ1n) is 5.56. The van der Waals surface area contributed by atoms with Gasteiger partial charge in [-0.2, -0.15) is 11.8 Å². The predicted molar refractivity (Wildman–Crippen MR) is 69.4 cm³/mol. The Balaban J connectivity index is 2.26. The highest BCUT2D eigenvalue weighted by Gasteiger charge is 1.97. The van der Waals surface area contributed by atoms with Gasteiger partial charge in [0.1, 0.15) is 0 Å². The SMILES string of the molecule is CSCCn1ccc(CNCC(C)C)c1. The number of hydrogen-bond donors (Lipinski definition) is 1. The molecule has 0 fully saturated rings. The molecule has 0 unspecified atom stereocenters. The van der Waals surface area contributed by atoms with Gasteiger partial charge in [0, 0.05) is 31.2 Å². The summed E-state index contributed by atoms with van der Waals surface area (Å²) in [6.45, 7) is 7.67. The summed E-state index contributed by atoms with van der Waals surface area (Å²) in [5.41, 5.74) is 1.39. The maximum Gasteiger partial charge on any atom is 0.0310 e. The predicted octanol–water partition coefficient (Wildman–Crippen LogP) is 2.60. The number of nitrogens with zero attached hydrogens (tertiary/aromatic N) is 1. The molecule has 86 valence electrons. The van der Waals surface area contributed by atoms with Gasteiger partial charge in [-0.15, -0.1) is 0 Å². The van der Waals surface area contributed by atoms with Gasteiger partial charge in [-0.25, -0.2) is 0 Å². The number of thioether (sulfide) groups is 1. The van der Waals surface area contributed by atoms with Gasteiger partial charge < -0.3 is 9.88 Å². The second-order valence-electron chi connectivity index (χ2n) is 4.28. The van der Waals surface area contributed by atoms with E-state index in [0.29, 0.717) is 0 Å². The van der Waals surface area contributed by atoms with Crippen molar-refractivity contribution < 1.29 is 0 Å². The van der Waals surface area contributed by atoms with Gasteiger partial charge in [0.05, 0.1) is 0 Å². The first kappa shape index (κ1) is 12.7. The third-order valence-corrected chi connectivity index (χ3v) is 2.84. The Labute approximate surface area is 97.4 Å². The van der Waals surface area contributed by atoms with Crippen molar-refractivity contribution in [2.75, 3.05) is 18.6 Å². The average Bonchev–Trinajstić information content (AvgIpc) is 2.62. The minimum absolute atomic E-state index is 0.726. The van der Waals surface area contributed by atoms with Crippen LogP contribution in [-0.2, 0) is 13.1 Å². The molecule has 2 nitrogen and oxygen atoms in total. The van der Waals surface area contributed by atoms with Gasteiger partial charge in [0.2, 0.25) is 0 Å². The van der Waals surface area contributed by atoms with Gasteiger partial charge in [0.25, 0.3) is 0 Å². The third kappa shape index (κ3) is 5.28. The van der Waals surface area contributed by atoms with E-state index >= 15 is 0 Å². The van der Waals surface area contributed by atoms with Crippen LogP contribution in [0.3, 0.4) is 0 Å². The van der Waals surface area contributed by atoms with E-state index in [0.717, 1.165) is 25.6 Å². The Bertz CT molecular complexity index is 268. The molecule has 0 atom stereocenters. The molecule has 0 aliphatic heterocycles. The van der Waals surface area contributed by atoms with E-state index in [1.165, 1.54) is 11.3 Å². The Morgan fingerprint density at radius 2 is 2.27 bits per heavy atom. The molecule has 0 aliphatic carbocycles. The molecule has 0 aromatic carbocycles. The van der Waals surface area contributed by atoms with Crippen LogP contribution >= 0.6 is 11.8 Å². The lowest BCUT2D eigenvalue weighted by Gasteiger charge is -2.05. The molecule has 1 rings (SSSR count). The summed E-state index contributed by atoms with van der Waals surface area (Å²) in [4.78, 5) is 0. The van der Waals surface area contributed by atoms with Gasteiger partial charge >= 0.3 is 0 Å². The highest BCUT2D eigenvalue weighted by Crippen LogP contribution is 2.03. The number of rotatable bonds is 7. The van der Waals surface area contributed by atoms with Gasteiger partial charge in [-0.05, 0) is 30.3 Å². The zero-order valence-corrected chi connectivity index (χ0v) is 10.8. The molecule has 15 heavy (non-hydrogen) atoms. The first-order chi connectivity index (χ1) is 7.22. The molecule has 3 heteroatoms. The van der Waals surface area contributed by atoms with Crippen molar-refractivity contribution in [3.05, 3.63) is 24.0 Å². The minimum Gasteiger partial charge on any atom is -0.353 e. The number of aryl methyl sites for hydroxylation is 1. The summed E-state index contributed by atoms with van der Waals surface area (Å²) >= 11 is 1.89. The maximum atomic E-state index is 3.45. The smallest absolute Gasteiger partial charge is 0.0310 e. The van der Waals surface area contributed by atoms with Gasteiger partial charge in [-0.3, -0.25) is 0 Å². The molecule has 0 amide bonds. The second-order valence-corrected chi connectivity index (χ2v) is 5.26. The number of nitrogens with one attached hydrogen (secondary N) is 1. The van der Waals surface area contributed by atoms with Crippen LogP contribution in [0.2, 0.25) is 0 Å². The first-order valence-corrected chi connectivity index (χ1v) is 6.96. The molecular weight excluding hydrogens is 204 g/mol. The molecule has 0 saturated carbocycles. The quantitative estimate of drug-likeness (QED) is 0.769. The van der Waals surface area contributed by atoms with E-state index in [9.17, 15) is 0 Å². The molecule has 1 aromatic rings. The van der Waals surface area contributed by atoms with Gasteiger partial charge in [0.15, 0.2) is 0 Å². The second kappa shape index (κ2) is 6.96. The van der Waals surface area contributed by atoms with Crippen LogP contribution in [-0.4, -0.2) is 23.1 Å². The number of hydrogen-bond acceptors (Lipinski definition) is 2. The van der Waals surface area contributed by atoms with E-state index in [1.807, 2.05) is 11.8 Å². The number of aromatic nitrogens is 1. The normalized spacial score (nSPS) is 11.2. The lowest BCUT2D eigenvalue weighted by Crippen LogP contribution is -2.18. The van der Waals surface area contributed by atoms with Crippen LogP contribution in [0, 0.1) is 5.92 Å². The Morgan fingerprint density at radius 1 is 1.47 bits per heavy atom. The van der Waals surface area contributed by atoms with Gasteiger partial charge in [-0.1, -0.05) is 13.8 Å². The zero-order chi connectivity index (χ0) is 11.1. The highest BCUT2D eigenvalue weighted by atomic mass is 32.2. The largest absolute Gasteiger partial charge is 0.353 e. The molecule has 0 radical (unpaired) electrons. The monoisotopic (exact) mass is 226 g/mol. The highest BCUT2D eigenvalue weighted by molar-refractivity contribution is 7.98. The van der Waals surface area contributed by atoms with Crippen molar-refractivity contribution in [2.45, 2.75) is 26.9 Å². The molecular formula is C12H22N2S. The van der Waals surface area contributed by atoms with E-state index in [4.69, 9.17) is 0 Å². The molecule has 0 saturated heterocycles. The van der Waals surface area contributed by atoms with Crippen LogP contribution in [0.1, 0.15) is 19.4 Å². The van der Waals surface area contributed by atoms with Crippen LogP contribution in [0.5, 0.6) is 0 Å². The van der Waals surface area contributed by atoms with E-state index in [2.05, 4.69) is 48.4 Å². The van der Waals surface area contributed by atoms with Crippen molar-refractivity contribution in [3.63, 3.8) is 0 Å². The summed E-state index contributed by atoms with van der Waals surface area (Å²) in [7, 11) is 0. The van der Waals surface area contributed by atoms with E-state index in [1.54, 1.807) is 0 Å². The van der Waals surface area contributed by atoms with Crippen molar-refractivity contribution in [1.82, 2.24) is 9.88 Å². The summed E-state index contributed by atoms with van der Waals surface area (Å²) in [6.07, 6.45) is 6.56. The molecule has 1 N–H and O–H groups in total. The van der Waals surface area contributed by atoms with E-state index < -0.39 is 0 Å². The lowest BCUT2D eigenvalue weighted by atomic mass is 10.2. The fourth-order valence-electron chi connectivity index (χ4n) is 1.44. The van der Waals surface area contributed by atoms with Crippen LogP contribution in [0.15, 0.2) is 18.5 Å². The van der Waals surface area contributed by atoms with Crippen molar-refractivity contribution in [3.8, 4) is 0 Å². The van der Waals surface area contributed by atoms with Crippen molar-refractivity contribution >= 4 is 11.8 Å². The summed E-state index contributed by atoms with van der Waals surface area (Å²) in [5, 5.41) is 3.45. The minimum atomic E-state index is 0.726. The zero-order valence-electron chi connectivity index (χ0n) is 9.99. The molecule has 1 aromatic heterocycles. The van der Waals surface area contributed by atoms with Crippen molar-refractivity contribution in [1.29, 1.82) is 0 Å². The summed E-state index contributed by atoms with van der Waals surface area (Å²) in [6, 6.07) is 2.20. The fourth-order valence-corrected chi connectivity index (χ4v) is 1.83. The molecule has 0 spiro atoms. The summed E-state index contributed by atoms with van der Waals surface area (Å²) in [5.74, 6) is 1.91. The Hall–Kier alpha value is -0.410. The maximum absolute atomic E-state index is 3.45. The fraction of sp³-hybridized carbons (Fsp3) is 0.667. The summed E-state index contributed by atoms with van der Waals surface area (Å²) < 4.78 is 2.27. The van der Waals surface area contributed by atoms with Crippen LogP contribution in [0.4, 0.5) is 0 Å². The molecule has 0 bridgehead atoms. The van der Waals surface area contributed by atoms with Crippen molar-refractivity contribution in [2.24, 2.45) is 5.92 Å². The molecule has 1 heterocycles. The average molecular weight is 226 g/mol. The van der Waals surface area contributed by atoms with E-state index in [-0.39, 0.29) is 0 Å². The third-order valence-electron chi connectivity index (χ3n) is 2.25. The lowest BCUT2D eigenvalue weighted by molar-refractivity contribution is 0.552. The van der Waals surface area contributed by atoms with Crippen LogP contribution in [0.25, 0.3) is 0 Å². The molecule has 0 aliphatic rings. The standard InChI is InChI=1S/C12H22N2S/c1-11(2)8-13-9-12-4-5-14(10-12)6-7-15-3/h4-5,10-11,13H,6-9H2,1-3H3. The Morgan fingerprint density at radius 3 is 2.93 bits per heavy atom. The topological polar surface area (TPSA) is 17.0 Å².